The maximum Gasteiger partial charge on any atom is 0.268 e. The number of aromatic nitrogens is 3. The molecule has 1 N–H and O–H groups in total. The van der Waals surface area contributed by atoms with Crippen molar-refractivity contribution in [3.05, 3.63) is 47.1 Å². The number of H-pyrrole nitrogens is 1. The fraction of sp³-hybridized carbons (Fsp3) is 0.364. The van der Waals surface area contributed by atoms with E-state index in [1.807, 2.05) is 54.0 Å². The Labute approximate surface area is 169 Å². The average molecular weight is 395 g/mol. The number of hydrogen-bond donors (Lipinski definition) is 1. The average Bonchev–Trinajstić information content (AvgIpc) is 3.32. The van der Waals surface area contributed by atoms with Gasteiger partial charge in [-0.15, -0.1) is 11.3 Å². The summed E-state index contributed by atoms with van der Waals surface area (Å²) in [6, 6.07) is 10.3. The first kappa shape index (κ1) is 18.7. The van der Waals surface area contributed by atoms with Gasteiger partial charge in [0, 0.05) is 41.3 Å². The molecule has 1 atom stereocenters. The lowest BCUT2D eigenvalue weighted by molar-refractivity contribution is 0.0980. The molecular weight excluding hydrogens is 368 g/mol. The van der Waals surface area contributed by atoms with E-state index in [4.69, 9.17) is 0 Å². The summed E-state index contributed by atoms with van der Waals surface area (Å²) in [7, 11) is 1.93. The Morgan fingerprint density at radius 3 is 2.75 bits per heavy atom. The van der Waals surface area contributed by atoms with Crippen molar-refractivity contribution in [3.8, 4) is 0 Å². The van der Waals surface area contributed by atoms with E-state index in [1.54, 1.807) is 0 Å². The highest BCUT2D eigenvalue weighted by atomic mass is 32.1. The second kappa shape index (κ2) is 7.09. The third kappa shape index (κ3) is 3.22. The van der Waals surface area contributed by atoms with Crippen molar-refractivity contribution in [1.29, 1.82) is 0 Å². The van der Waals surface area contributed by atoms with Crippen LogP contribution in [-0.2, 0) is 7.05 Å². The third-order valence-electron chi connectivity index (χ3n) is 5.19. The number of fused-ring (bicyclic) bond motifs is 2. The number of nitrogens with one attached hydrogen (secondary N) is 1. The molecule has 0 unspecified atom stereocenters. The molecule has 4 rings (SSSR count). The molecule has 146 valence electrons. The highest BCUT2D eigenvalue weighted by Gasteiger charge is 2.26. The van der Waals surface area contributed by atoms with Crippen LogP contribution in [-0.4, -0.2) is 26.7 Å². The summed E-state index contributed by atoms with van der Waals surface area (Å²) in [6.07, 6.45) is 2.88. The SMILES string of the molecule is Cc1nn(C)c2sc(C(=O)N(c3ccc4[nH]ccc4c3)[C@@H](C)CC(C)C)cc12. The lowest BCUT2D eigenvalue weighted by Crippen LogP contribution is -2.39. The molecule has 3 heterocycles. The molecule has 0 aliphatic carbocycles. The van der Waals surface area contributed by atoms with E-state index in [0.29, 0.717) is 5.92 Å². The van der Waals surface area contributed by atoms with Crippen molar-refractivity contribution in [1.82, 2.24) is 14.8 Å². The number of aryl methyl sites for hydroxylation is 2. The van der Waals surface area contributed by atoms with Gasteiger partial charge in [-0.25, -0.2) is 0 Å². The summed E-state index contributed by atoms with van der Waals surface area (Å²) >= 11 is 1.52. The molecule has 0 aliphatic rings. The Morgan fingerprint density at radius 2 is 2.04 bits per heavy atom. The summed E-state index contributed by atoms with van der Waals surface area (Å²) < 4.78 is 1.86. The Bertz CT molecular complexity index is 1120. The summed E-state index contributed by atoms with van der Waals surface area (Å²) in [4.78, 5) is 20.6. The van der Waals surface area contributed by atoms with E-state index in [0.717, 1.165) is 43.8 Å². The van der Waals surface area contributed by atoms with E-state index >= 15 is 0 Å². The molecule has 0 saturated carbocycles. The van der Waals surface area contributed by atoms with E-state index in [9.17, 15) is 4.79 Å². The second-order valence-electron chi connectivity index (χ2n) is 7.94. The van der Waals surface area contributed by atoms with Crippen LogP contribution < -0.4 is 4.90 Å². The van der Waals surface area contributed by atoms with Gasteiger partial charge in [-0.3, -0.25) is 9.48 Å². The first-order valence-electron chi connectivity index (χ1n) is 9.69. The van der Waals surface area contributed by atoms with Gasteiger partial charge in [-0.2, -0.15) is 5.10 Å². The summed E-state index contributed by atoms with van der Waals surface area (Å²) in [5, 5.41) is 6.63. The second-order valence-corrected chi connectivity index (χ2v) is 8.97. The van der Waals surface area contributed by atoms with Gasteiger partial charge < -0.3 is 9.88 Å². The first-order valence-corrected chi connectivity index (χ1v) is 10.5. The fourth-order valence-corrected chi connectivity index (χ4v) is 5.04. The first-order chi connectivity index (χ1) is 13.3. The smallest absolute Gasteiger partial charge is 0.268 e. The van der Waals surface area contributed by atoms with E-state index in [2.05, 4.69) is 36.9 Å². The van der Waals surface area contributed by atoms with E-state index in [-0.39, 0.29) is 11.9 Å². The molecule has 5 nitrogen and oxygen atoms in total. The Morgan fingerprint density at radius 1 is 1.25 bits per heavy atom. The van der Waals surface area contributed by atoms with Crippen LogP contribution in [0, 0.1) is 12.8 Å². The molecule has 0 spiro atoms. The number of carbonyl (C=O) groups excluding carboxylic acids is 1. The molecule has 0 bridgehead atoms. The molecule has 1 aromatic carbocycles. The molecule has 6 heteroatoms. The normalized spacial score (nSPS) is 12.9. The van der Waals surface area contributed by atoms with Crippen molar-refractivity contribution in [3.63, 3.8) is 0 Å². The zero-order chi connectivity index (χ0) is 20.0. The molecule has 0 radical (unpaired) electrons. The number of rotatable bonds is 5. The van der Waals surface area contributed by atoms with Crippen LogP contribution in [0.3, 0.4) is 0 Å². The van der Waals surface area contributed by atoms with Crippen LogP contribution in [0.25, 0.3) is 21.1 Å². The minimum Gasteiger partial charge on any atom is -0.361 e. The standard InChI is InChI=1S/C22H26N4OS/c1-13(2)10-14(3)26(17-6-7-19-16(11-17)8-9-23-19)21(27)20-12-18-15(4)24-25(5)22(18)28-20/h6-9,11-14,23H,10H2,1-5H3/t14-/m0/s1. The molecule has 3 aromatic heterocycles. The van der Waals surface area contributed by atoms with E-state index in [1.165, 1.54) is 11.3 Å². The minimum absolute atomic E-state index is 0.0589. The Balaban J connectivity index is 1.78. The molecule has 0 aliphatic heterocycles. The minimum atomic E-state index is 0.0589. The van der Waals surface area contributed by atoms with Gasteiger partial charge in [0.1, 0.15) is 4.83 Å². The monoisotopic (exact) mass is 394 g/mol. The molecule has 0 fully saturated rings. The molecule has 4 aromatic rings. The predicted octanol–water partition coefficient (Wildman–Crippen LogP) is 5.51. The maximum atomic E-state index is 13.6. The third-order valence-corrected chi connectivity index (χ3v) is 6.38. The van der Waals surface area contributed by atoms with E-state index < -0.39 is 0 Å². The largest absolute Gasteiger partial charge is 0.361 e. The molecule has 1 amide bonds. The molecule has 0 saturated heterocycles. The fourth-order valence-electron chi connectivity index (χ4n) is 3.98. The number of carbonyl (C=O) groups is 1. The Kier molecular flexibility index (Phi) is 4.75. The number of anilines is 1. The van der Waals surface area contributed by atoms with Crippen molar-refractivity contribution in [2.75, 3.05) is 4.90 Å². The zero-order valence-electron chi connectivity index (χ0n) is 17.0. The molecular formula is C22H26N4OS. The lowest BCUT2D eigenvalue weighted by atomic mass is 10.0. The molecule has 28 heavy (non-hydrogen) atoms. The Hall–Kier alpha value is -2.60. The van der Waals surface area contributed by atoms with Crippen LogP contribution in [0.1, 0.15) is 42.6 Å². The number of amides is 1. The number of aromatic amines is 1. The zero-order valence-corrected chi connectivity index (χ0v) is 17.8. The van der Waals surface area contributed by atoms with Gasteiger partial charge in [0.25, 0.3) is 5.91 Å². The van der Waals surface area contributed by atoms with Crippen molar-refractivity contribution < 1.29 is 4.79 Å². The number of hydrogen-bond acceptors (Lipinski definition) is 3. The summed E-state index contributed by atoms with van der Waals surface area (Å²) in [6.45, 7) is 8.52. The van der Waals surface area contributed by atoms with Crippen LogP contribution in [0.2, 0.25) is 0 Å². The van der Waals surface area contributed by atoms with Crippen molar-refractivity contribution in [2.24, 2.45) is 13.0 Å². The van der Waals surface area contributed by atoms with Crippen molar-refractivity contribution in [2.45, 2.75) is 40.2 Å². The lowest BCUT2D eigenvalue weighted by Gasteiger charge is -2.30. The van der Waals surface area contributed by atoms with Crippen LogP contribution in [0.4, 0.5) is 5.69 Å². The summed E-state index contributed by atoms with van der Waals surface area (Å²) in [5.74, 6) is 0.568. The quantitative estimate of drug-likeness (QED) is 0.485. The maximum absolute atomic E-state index is 13.6. The highest BCUT2D eigenvalue weighted by Crippen LogP contribution is 2.32. The number of thiophene rings is 1. The predicted molar refractivity (Wildman–Crippen MR) is 117 cm³/mol. The topological polar surface area (TPSA) is 53.9 Å². The number of benzene rings is 1. The van der Waals surface area contributed by atoms with Gasteiger partial charge in [0.05, 0.1) is 10.6 Å². The van der Waals surface area contributed by atoms with Crippen LogP contribution in [0.15, 0.2) is 36.5 Å². The van der Waals surface area contributed by atoms with Gasteiger partial charge in [0.15, 0.2) is 0 Å². The van der Waals surface area contributed by atoms with Crippen LogP contribution >= 0.6 is 11.3 Å². The van der Waals surface area contributed by atoms with Crippen molar-refractivity contribution >= 4 is 44.1 Å². The number of nitrogens with zero attached hydrogens (tertiary/aromatic N) is 3. The van der Waals surface area contributed by atoms with Gasteiger partial charge in [-0.1, -0.05) is 13.8 Å². The van der Waals surface area contributed by atoms with Gasteiger partial charge in [-0.05, 0) is 56.5 Å². The van der Waals surface area contributed by atoms with Gasteiger partial charge in [0.2, 0.25) is 0 Å². The summed E-state index contributed by atoms with van der Waals surface area (Å²) in [5.41, 5.74) is 2.98. The highest BCUT2D eigenvalue weighted by molar-refractivity contribution is 7.20. The van der Waals surface area contributed by atoms with Crippen LogP contribution in [0.5, 0.6) is 0 Å². The van der Waals surface area contributed by atoms with Gasteiger partial charge >= 0.3 is 0 Å².